The number of carbonyl (C=O) groups excluding carboxylic acids is 1. The lowest BCUT2D eigenvalue weighted by atomic mass is 9.33. The molecule has 0 amide bonds. The van der Waals surface area contributed by atoms with Gasteiger partial charge in [-0.15, -0.1) is 0 Å². The molecule has 0 radical (unpaired) electrons. The highest BCUT2D eigenvalue weighted by atomic mass is 16.7. The predicted octanol–water partition coefficient (Wildman–Crippen LogP) is 0.141. The molecular weight excluding hydrogens is 865 g/mol. The van der Waals surface area contributed by atoms with Crippen LogP contribution < -0.4 is 0 Å². The molecule has 378 valence electrons. The Labute approximate surface area is 387 Å². The second-order valence-corrected chi connectivity index (χ2v) is 23.5. The van der Waals surface area contributed by atoms with E-state index in [-0.39, 0.29) is 39.4 Å². The molecule has 3 aliphatic heterocycles. The van der Waals surface area contributed by atoms with Gasteiger partial charge in [0, 0.05) is 0 Å². The molecule has 0 aromatic heterocycles. The Hall–Kier alpha value is -1.43. The minimum atomic E-state index is -1.79. The van der Waals surface area contributed by atoms with Gasteiger partial charge in [-0.05, 0) is 109 Å². The summed E-state index contributed by atoms with van der Waals surface area (Å²) in [5.74, 6) is -0.189. The number of aliphatic hydroxyl groups excluding tert-OH is 11. The van der Waals surface area contributed by atoms with Crippen LogP contribution in [0.3, 0.4) is 0 Å². The largest absolute Gasteiger partial charge is 0.432 e. The van der Waals surface area contributed by atoms with E-state index in [0.29, 0.717) is 19.3 Å². The van der Waals surface area contributed by atoms with Crippen molar-refractivity contribution in [1.29, 1.82) is 0 Å². The molecular formula is C48H78O18. The van der Waals surface area contributed by atoms with Gasteiger partial charge in [0.25, 0.3) is 0 Å². The minimum absolute atomic E-state index is 0.0581. The van der Waals surface area contributed by atoms with E-state index in [0.717, 1.165) is 44.9 Å². The quantitative estimate of drug-likeness (QED) is 0.0833. The fraction of sp³-hybridized carbons (Fsp3) is 0.938. The Morgan fingerprint density at radius 3 is 1.76 bits per heavy atom. The van der Waals surface area contributed by atoms with Gasteiger partial charge in [0.15, 0.2) is 12.6 Å². The van der Waals surface area contributed by atoms with Gasteiger partial charge in [0.1, 0.15) is 73.2 Å². The highest BCUT2D eigenvalue weighted by molar-refractivity contribution is 5.79. The van der Waals surface area contributed by atoms with Crippen molar-refractivity contribution in [3.63, 3.8) is 0 Å². The summed E-state index contributed by atoms with van der Waals surface area (Å²) in [4.78, 5) is 14.7. The highest BCUT2D eigenvalue weighted by Crippen LogP contribution is 2.76. The van der Waals surface area contributed by atoms with E-state index in [1.54, 1.807) is 0 Å². The van der Waals surface area contributed by atoms with Crippen molar-refractivity contribution in [1.82, 2.24) is 0 Å². The molecule has 1 unspecified atom stereocenters. The maximum Gasteiger partial charge on any atom is 0.315 e. The Bertz CT molecular complexity index is 1790. The Kier molecular flexibility index (Phi) is 13.9. The fourth-order valence-corrected chi connectivity index (χ4v) is 15.0. The second kappa shape index (κ2) is 18.0. The van der Waals surface area contributed by atoms with Crippen LogP contribution in [-0.2, 0) is 33.2 Å². The first-order chi connectivity index (χ1) is 30.9. The van der Waals surface area contributed by atoms with Crippen LogP contribution in [0.25, 0.3) is 0 Å². The van der Waals surface area contributed by atoms with Crippen molar-refractivity contribution >= 4 is 5.97 Å². The summed E-state index contributed by atoms with van der Waals surface area (Å²) in [5.41, 5.74) is -0.674. The van der Waals surface area contributed by atoms with Gasteiger partial charge in [0.2, 0.25) is 6.29 Å². The number of fused-ring (bicyclic) bond motifs is 7. The molecule has 3 heterocycles. The van der Waals surface area contributed by atoms with Gasteiger partial charge in [-0.2, -0.15) is 0 Å². The molecule has 8 aliphatic rings. The van der Waals surface area contributed by atoms with Crippen LogP contribution in [-0.4, -0.2) is 180 Å². The van der Waals surface area contributed by atoms with E-state index in [1.165, 1.54) is 5.57 Å². The number of allylic oxidation sites excluding steroid dienone is 2. The summed E-state index contributed by atoms with van der Waals surface area (Å²) in [7, 11) is 0. The molecule has 0 bridgehead atoms. The summed E-state index contributed by atoms with van der Waals surface area (Å²) in [6.07, 6.45) is -13.7. The molecule has 0 aromatic rings. The van der Waals surface area contributed by atoms with Crippen molar-refractivity contribution in [3.8, 4) is 0 Å². The van der Waals surface area contributed by atoms with E-state index in [2.05, 4.69) is 54.5 Å². The molecule has 8 rings (SSSR count). The monoisotopic (exact) mass is 943 g/mol. The smallest absolute Gasteiger partial charge is 0.315 e. The molecule has 11 N–H and O–H groups in total. The number of carbonyl (C=O) groups is 1. The van der Waals surface area contributed by atoms with Gasteiger partial charge in [-0.1, -0.05) is 60.1 Å². The number of aliphatic hydroxyl groups is 11. The average Bonchev–Trinajstić information content (AvgIpc) is 3.26. The van der Waals surface area contributed by atoms with Crippen LogP contribution in [0.2, 0.25) is 0 Å². The molecule has 5 aliphatic carbocycles. The van der Waals surface area contributed by atoms with Crippen LogP contribution in [0.4, 0.5) is 0 Å². The standard InChI is InChI=1S/C48H78O18/c1-43(2)14-16-48(42(60)66-40-36(58)34(56)31(53)25(20-50)62-40)17-15-46(6)22(23(48)18-43)8-9-28-45(5)12-11-29(44(3,4)27(45)10-13-47(28,46)7)64-41-37(59)38(32(54)26(21-51)63-41)65-39-35(57)33(55)30(52)24(19-49)61-39/h8,23-41,49-59H,9-21H2,1-7H3/t23?,24-,25-,26-,27+,28-,29+,30+,31-,32-,33+,34+,35-,36-,37-,38+,39+,40+,41+,45+,46-,47-,48+/m1/s1. The zero-order valence-electron chi connectivity index (χ0n) is 39.5. The number of hydrogen-bond acceptors (Lipinski definition) is 18. The number of ether oxygens (including phenoxy) is 6. The molecule has 66 heavy (non-hydrogen) atoms. The first-order valence-corrected chi connectivity index (χ1v) is 24.3. The van der Waals surface area contributed by atoms with Gasteiger partial charge in [-0.3, -0.25) is 4.79 Å². The van der Waals surface area contributed by atoms with E-state index in [9.17, 15) is 61.0 Å². The van der Waals surface area contributed by atoms with E-state index in [1.807, 2.05) is 0 Å². The SMILES string of the molecule is CC1(C)CC[C@]2(C(=O)O[C@@H]3O[C@H](CO)[C@@H](O)[C@H](O)[C@H]3O)CC[C@]3(C)C(=CC[C@@H]4[C@@]5(C)CC[C@H](O[C@@H]6O[C@H](CO)[C@@H](O)[C@H](O[C@@H]7O[C@H](CO)[C@H](O)[C@H](O)[C@H]7O)[C@H]6O)C(C)(C)[C@@H]5CC[C@]43C)C2C1. The van der Waals surface area contributed by atoms with E-state index in [4.69, 9.17) is 28.4 Å². The lowest BCUT2D eigenvalue weighted by Crippen LogP contribution is -2.67. The lowest BCUT2D eigenvalue weighted by molar-refractivity contribution is -0.369. The van der Waals surface area contributed by atoms with Crippen LogP contribution in [0.15, 0.2) is 11.6 Å². The number of hydrogen-bond donors (Lipinski definition) is 11. The first-order valence-electron chi connectivity index (χ1n) is 24.3. The number of esters is 1. The minimum Gasteiger partial charge on any atom is -0.432 e. The van der Waals surface area contributed by atoms with Crippen LogP contribution in [0.5, 0.6) is 0 Å². The zero-order valence-corrected chi connectivity index (χ0v) is 39.5. The third-order valence-corrected chi connectivity index (χ3v) is 19.3. The maximum absolute atomic E-state index is 14.7. The van der Waals surface area contributed by atoms with Crippen LogP contribution in [0.1, 0.15) is 113 Å². The highest BCUT2D eigenvalue weighted by Gasteiger charge is 2.70. The Morgan fingerprint density at radius 1 is 0.606 bits per heavy atom. The van der Waals surface area contributed by atoms with E-state index >= 15 is 0 Å². The molecule has 18 heteroatoms. The van der Waals surface area contributed by atoms with E-state index < -0.39 is 135 Å². The molecule has 3 saturated heterocycles. The predicted molar refractivity (Wildman–Crippen MR) is 230 cm³/mol. The first kappa shape index (κ1) is 50.9. The summed E-state index contributed by atoms with van der Waals surface area (Å²) in [6, 6.07) is 0. The number of rotatable bonds is 9. The Morgan fingerprint density at radius 2 is 1.15 bits per heavy atom. The molecule has 0 aromatic carbocycles. The molecule has 0 spiro atoms. The molecule has 4 saturated carbocycles. The maximum atomic E-state index is 14.7. The fourth-order valence-electron chi connectivity index (χ4n) is 15.0. The summed E-state index contributed by atoms with van der Waals surface area (Å²) in [5, 5.41) is 116. The van der Waals surface area contributed by atoms with Crippen molar-refractivity contribution in [2.75, 3.05) is 19.8 Å². The van der Waals surface area contributed by atoms with Crippen LogP contribution >= 0.6 is 0 Å². The van der Waals surface area contributed by atoms with Gasteiger partial charge < -0.3 is 84.6 Å². The third kappa shape index (κ3) is 7.87. The van der Waals surface area contributed by atoms with Crippen molar-refractivity contribution in [2.45, 2.75) is 211 Å². The summed E-state index contributed by atoms with van der Waals surface area (Å²) >= 11 is 0. The van der Waals surface area contributed by atoms with Gasteiger partial charge in [0.05, 0.1) is 31.3 Å². The summed E-state index contributed by atoms with van der Waals surface area (Å²) < 4.78 is 35.7. The third-order valence-electron chi connectivity index (χ3n) is 19.3. The molecule has 18 nitrogen and oxygen atoms in total. The van der Waals surface area contributed by atoms with Crippen molar-refractivity contribution in [3.05, 3.63) is 11.6 Å². The summed E-state index contributed by atoms with van der Waals surface area (Å²) in [6.45, 7) is 14.1. The molecule has 23 atom stereocenters. The van der Waals surface area contributed by atoms with Crippen molar-refractivity contribution < 1.29 is 89.4 Å². The van der Waals surface area contributed by atoms with Crippen LogP contribution in [0, 0.1) is 50.2 Å². The van der Waals surface area contributed by atoms with Crippen molar-refractivity contribution in [2.24, 2.45) is 50.2 Å². The topological polar surface area (TPSA) is 295 Å². The van der Waals surface area contributed by atoms with Gasteiger partial charge >= 0.3 is 5.97 Å². The van der Waals surface area contributed by atoms with Gasteiger partial charge in [-0.25, -0.2) is 0 Å². The second-order valence-electron chi connectivity index (χ2n) is 23.5. The lowest BCUT2D eigenvalue weighted by Gasteiger charge is -2.71. The Balaban J connectivity index is 1.02. The average molecular weight is 943 g/mol. The molecule has 7 fully saturated rings. The normalized spacial score (nSPS) is 53.3. The zero-order chi connectivity index (χ0) is 48.3.